The summed E-state index contributed by atoms with van der Waals surface area (Å²) in [7, 11) is 0. The van der Waals surface area contributed by atoms with E-state index in [0.717, 1.165) is 18.4 Å². The van der Waals surface area contributed by atoms with Crippen molar-refractivity contribution in [1.82, 2.24) is 5.32 Å². The quantitative estimate of drug-likeness (QED) is 0.826. The molecule has 21 heavy (non-hydrogen) atoms. The number of carbonyl (C=O) groups is 2. The molecule has 2 N–H and O–H groups in total. The van der Waals surface area contributed by atoms with E-state index in [9.17, 15) is 9.59 Å². The Balaban J connectivity index is 1.58. The van der Waals surface area contributed by atoms with Gasteiger partial charge in [-0.1, -0.05) is 18.9 Å². The minimum Gasteiger partial charge on any atom is -0.480 e. The minimum absolute atomic E-state index is 0.130. The third kappa shape index (κ3) is 3.45. The van der Waals surface area contributed by atoms with Crippen molar-refractivity contribution in [2.75, 3.05) is 6.79 Å². The van der Waals surface area contributed by atoms with Crippen LogP contribution in [0.4, 0.5) is 0 Å². The molecule has 0 radical (unpaired) electrons. The van der Waals surface area contributed by atoms with Crippen LogP contribution in [0.5, 0.6) is 11.5 Å². The minimum atomic E-state index is -0.971. The van der Waals surface area contributed by atoms with Crippen LogP contribution in [-0.2, 0) is 16.0 Å². The lowest BCUT2D eigenvalue weighted by Gasteiger charge is -2.14. The molecule has 6 nitrogen and oxygen atoms in total. The number of benzene rings is 1. The molecule has 1 heterocycles. The Bertz CT molecular complexity index is 567. The second-order valence-electron chi connectivity index (χ2n) is 5.50. The van der Waals surface area contributed by atoms with Crippen LogP contribution in [0.25, 0.3) is 0 Å². The van der Waals surface area contributed by atoms with Gasteiger partial charge in [0, 0.05) is 0 Å². The zero-order valence-corrected chi connectivity index (χ0v) is 11.5. The highest BCUT2D eigenvalue weighted by Gasteiger charge is 2.30. The van der Waals surface area contributed by atoms with Crippen molar-refractivity contribution in [3.63, 3.8) is 0 Å². The summed E-state index contributed by atoms with van der Waals surface area (Å²) in [4.78, 5) is 23.1. The van der Waals surface area contributed by atoms with E-state index in [0.29, 0.717) is 23.8 Å². The van der Waals surface area contributed by atoms with E-state index in [4.69, 9.17) is 14.6 Å². The maximum absolute atomic E-state index is 12.0. The molecule has 0 spiro atoms. The van der Waals surface area contributed by atoms with Gasteiger partial charge < -0.3 is 19.9 Å². The fourth-order valence-electron chi connectivity index (χ4n) is 2.39. The SMILES string of the molecule is O=C(Cc1ccc2c(c1)OCO2)NC(CC1CC1)C(=O)O. The summed E-state index contributed by atoms with van der Waals surface area (Å²) in [6, 6.07) is 4.49. The Hall–Kier alpha value is -2.24. The second-order valence-corrected chi connectivity index (χ2v) is 5.50. The van der Waals surface area contributed by atoms with Gasteiger partial charge >= 0.3 is 5.97 Å². The Morgan fingerprint density at radius 2 is 2.05 bits per heavy atom. The molecule has 1 aliphatic carbocycles. The molecule has 1 amide bonds. The average Bonchev–Trinajstić information content (AvgIpc) is 3.13. The molecule has 0 bridgehead atoms. The van der Waals surface area contributed by atoms with Gasteiger partial charge in [0.1, 0.15) is 6.04 Å². The number of carbonyl (C=O) groups excluding carboxylic acids is 1. The van der Waals surface area contributed by atoms with Crippen molar-refractivity contribution in [3.8, 4) is 11.5 Å². The molecule has 6 heteroatoms. The number of ether oxygens (including phenoxy) is 2. The number of amides is 1. The molecule has 3 rings (SSSR count). The Kier molecular flexibility index (Phi) is 3.68. The first-order chi connectivity index (χ1) is 10.1. The fourth-order valence-corrected chi connectivity index (χ4v) is 2.39. The van der Waals surface area contributed by atoms with Crippen molar-refractivity contribution < 1.29 is 24.2 Å². The summed E-state index contributed by atoms with van der Waals surface area (Å²) in [5.74, 6) is 0.462. The summed E-state index contributed by atoms with van der Waals surface area (Å²) in [6.07, 6.45) is 2.76. The van der Waals surface area contributed by atoms with Crippen molar-refractivity contribution in [2.24, 2.45) is 5.92 Å². The highest BCUT2D eigenvalue weighted by Crippen LogP contribution is 2.34. The van der Waals surface area contributed by atoms with Crippen LogP contribution < -0.4 is 14.8 Å². The van der Waals surface area contributed by atoms with Crippen LogP contribution in [0.15, 0.2) is 18.2 Å². The highest BCUT2D eigenvalue weighted by molar-refractivity contribution is 5.85. The number of carboxylic acid groups (broad SMARTS) is 1. The third-order valence-electron chi connectivity index (χ3n) is 3.70. The lowest BCUT2D eigenvalue weighted by atomic mass is 10.1. The summed E-state index contributed by atoms with van der Waals surface area (Å²) in [5, 5.41) is 11.7. The molecule has 0 aromatic heterocycles. The number of carboxylic acids is 1. The highest BCUT2D eigenvalue weighted by atomic mass is 16.7. The van der Waals surface area contributed by atoms with Crippen molar-refractivity contribution in [3.05, 3.63) is 23.8 Å². The van der Waals surface area contributed by atoms with E-state index in [1.165, 1.54) is 0 Å². The first-order valence-corrected chi connectivity index (χ1v) is 7.02. The van der Waals surface area contributed by atoms with Crippen LogP contribution in [-0.4, -0.2) is 29.8 Å². The number of rotatable bonds is 6. The first kappa shape index (κ1) is 13.7. The molecule has 112 valence electrons. The zero-order valence-electron chi connectivity index (χ0n) is 11.5. The van der Waals surface area contributed by atoms with Gasteiger partial charge in [0.25, 0.3) is 0 Å². The Labute approximate surface area is 122 Å². The van der Waals surface area contributed by atoms with E-state index in [2.05, 4.69) is 5.32 Å². The molecule has 1 aromatic carbocycles. The summed E-state index contributed by atoms with van der Waals surface area (Å²) in [6.45, 7) is 0.188. The topological polar surface area (TPSA) is 84.9 Å². The molecule has 0 saturated heterocycles. The monoisotopic (exact) mass is 291 g/mol. The fraction of sp³-hybridized carbons (Fsp3) is 0.467. The van der Waals surface area contributed by atoms with E-state index < -0.39 is 12.0 Å². The van der Waals surface area contributed by atoms with Crippen LogP contribution in [0.2, 0.25) is 0 Å². The van der Waals surface area contributed by atoms with E-state index >= 15 is 0 Å². The van der Waals surface area contributed by atoms with Crippen LogP contribution >= 0.6 is 0 Å². The predicted octanol–water partition coefficient (Wildman–Crippen LogP) is 1.33. The van der Waals surface area contributed by atoms with E-state index in [1.807, 2.05) is 0 Å². The second kappa shape index (κ2) is 5.63. The molecule has 2 aliphatic rings. The standard InChI is InChI=1S/C15H17NO5/c17-14(16-11(15(18)19)5-9-1-2-9)7-10-3-4-12-13(6-10)21-8-20-12/h3-4,6,9,11H,1-2,5,7-8H2,(H,16,17)(H,18,19). The van der Waals surface area contributed by atoms with Gasteiger partial charge in [-0.2, -0.15) is 0 Å². The van der Waals surface area contributed by atoms with Gasteiger partial charge in [-0.05, 0) is 30.0 Å². The Morgan fingerprint density at radius 3 is 2.76 bits per heavy atom. The molecule has 1 atom stereocenters. The molecule has 1 saturated carbocycles. The largest absolute Gasteiger partial charge is 0.480 e. The number of nitrogens with one attached hydrogen (secondary N) is 1. The lowest BCUT2D eigenvalue weighted by molar-refractivity contribution is -0.142. The summed E-state index contributed by atoms with van der Waals surface area (Å²) < 4.78 is 10.5. The zero-order chi connectivity index (χ0) is 14.8. The average molecular weight is 291 g/mol. The van der Waals surface area contributed by atoms with Gasteiger partial charge in [-0.15, -0.1) is 0 Å². The lowest BCUT2D eigenvalue weighted by Crippen LogP contribution is -2.41. The number of aliphatic carboxylic acids is 1. The van der Waals surface area contributed by atoms with Crippen molar-refractivity contribution in [2.45, 2.75) is 31.7 Å². The van der Waals surface area contributed by atoms with Crippen LogP contribution in [0, 0.1) is 5.92 Å². The Morgan fingerprint density at radius 1 is 1.29 bits per heavy atom. The third-order valence-corrected chi connectivity index (χ3v) is 3.70. The van der Waals surface area contributed by atoms with Crippen molar-refractivity contribution >= 4 is 11.9 Å². The smallest absolute Gasteiger partial charge is 0.326 e. The molecule has 1 aromatic rings. The van der Waals surface area contributed by atoms with Crippen LogP contribution in [0.3, 0.4) is 0 Å². The predicted molar refractivity (Wildman–Crippen MR) is 73.2 cm³/mol. The molecule has 1 unspecified atom stereocenters. The molecular weight excluding hydrogens is 274 g/mol. The molecule has 1 aliphatic heterocycles. The van der Waals surface area contributed by atoms with Crippen LogP contribution in [0.1, 0.15) is 24.8 Å². The normalized spacial score (nSPS) is 17.3. The molecule has 1 fully saturated rings. The number of fused-ring (bicyclic) bond motifs is 1. The van der Waals surface area contributed by atoms with E-state index in [-0.39, 0.29) is 19.1 Å². The number of hydrogen-bond acceptors (Lipinski definition) is 4. The maximum Gasteiger partial charge on any atom is 0.326 e. The van der Waals surface area contributed by atoms with Gasteiger partial charge in [-0.3, -0.25) is 4.79 Å². The van der Waals surface area contributed by atoms with E-state index in [1.54, 1.807) is 18.2 Å². The van der Waals surface area contributed by atoms with Gasteiger partial charge in [0.05, 0.1) is 6.42 Å². The number of hydrogen-bond donors (Lipinski definition) is 2. The molecular formula is C15H17NO5. The first-order valence-electron chi connectivity index (χ1n) is 7.02. The summed E-state index contributed by atoms with van der Waals surface area (Å²) in [5.41, 5.74) is 0.771. The van der Waals surface area contributed by atoms with Gasteiger partial charge in [0.15, 0.2) is 11.5 Å². The van der Waals surface area contributed by atoms with Crippen molar-refractivity contribution in [1.29, 1.82) is 0 Å². The van der Waals surface area contributed by atoms with Gasteiger partial charge in [0.2, 0.25) is 12.7 Å². The maximum atomic E-state index is 12.0. The summed E-state index contributed by atoms with van der Waals surface area (Å²) >= 11 is 0. The van der Waals surface area contributed by atoms with Gasteiger partial charge in [-0.25, -0.2) is 4.79 Å².